The molecule has 0 aliphatic carbocycles. The first-order chi connectivity index (χ1) is 8.20. The fourth-order valence-corrected chi connectivity index (χ4v) is 1.82. The van der Waals surface area contributed by atoms with Gasteiger partial charge in [0.2, 0.25) is 0 Å². The molecule has 94 valence electrons. The Morgan fingerprint density at radius 1 is 1.41 bits per heavy atom. The third-order valence-electron chi connectivity index (χ3n) is 2.80. The average Bonchev–Trinajstić information content (AvgIpc) is 2.23. The fourth-order valence-electron chi connectivity index (χ4n) is 1.82. The Labute approximate surface area is 100 Å². The van der Waals surface area contributed by atoms with Gasteiger partial charge in [0.15, 0.2) is 0 Å². The standard InChI is InChI=1S/C12H17FN2O2/c1-16-4-5-17-10-7-15(8-10)12-3-2-9(14)6-11(12)13/h2-3,6,10H,4-5,7-8,14H2,1H3. The second kappa shape index (κ2) is 5.33. The molecular weight excluding hydrogens is 223 g/mol. The lowest BCUT2D eigenvalue weighted by molar-refractivity contribution is 0.00382. The summed E-state index contributed by atoms with van der Waals surface area (Å²) >= 11 is 0. The summed E-state index contributed by atoms with van der Waals surface area (Å²) in [4.78, 5) is 1.94. The molecule has 5 heteroatoms. The molecule has 1 saturated heterocycles. The minimum atomic E-state index is -0.277. The summed E-state index contributed by atoms with van der Waals surface area (Å²) in [6, 6.07) is 4.75. The predicted molar refractivity (Wildman–Crippen MR) is 64.6 cm³/mol. The van der Waals surface area contributed by atoms with Crippen LogP contribution in [0.2, 0.25) is 0 Å². The van der Waals surface area contributed by atoms with Crippen LogP contribution >= 0.6 is 0 Å². The first-order valence-electron chi connectivity index (χ1n) is 5.61. The highest BCUT2D eigenvalue weighted by atomic mass is 19.1. The molecule has 1 heterocycles. The molecule has 1 aliphatic rings. The molecule has 0 aromatic heterocycles. The van der Waals surface area contributed by atoms with E-state index in [2.05, 4.69) is 0 Å². The van der Waals surface area contributed by atoms with E-state index >= 15 is 0 Å². The summed E-state index contributed by atoms with van der Waals surface area (Å²) in [6.07, 6.45) is 0.169. The predicted octanol–water partition coefficient (Wildman–Crippen LogP) is 1.26. The van der Waals surface area contributed by atoms with Crippen LogP contribution in [0.25, 0.3) is 0 Å². The Hall–Kier alpha value is -1.33. The molecule has 0 radical (unpaired) electrons. The zero-order chi connectivity index (χ0) is 12.3. The van der Waals surface area contributed by atoms with Crippen molar-refractivity contribution in [2.75, 3.05) is 44.0 Å². The van der Waals surface area contributed by atoms with Crippen molar-refractivity contribution in [3.63, 3.8) is 0 Å². The molecule has 4 nitrogen and oxygen atoms in total. The van der Waals surface area contributed by atoms with Crippen LogP contribution in [-0.2, 0) is 9.47 Å². The quantitative estimate of drug-likeness (QED) is 0.622. The van der Waals surface area contributed by atoms with Crippen molar-refractivity contribution in [3.05, 3.63) is 24.0 Å². The highest BCUT2D eigenvalue weighted by Crippen LogP contribution is 2.26. The van der Waals surface area contributed by atoms with Crippen LogP contribution in [0.5, 0.6) is 0 Å². The minimum absolute atomic E-state index is 0.169. The van der Waals surface area contributed by atoms with Crippen LogP contribution in [0.15, 0.2) is 18.2 Å². The summed E-state index contributed by atoms with van der Waals surface area (Å²) < 4.78 is 24.0. The number of nitrogen functional groups attached to an aromatic ring is 1. The largest absolute Gasteiger partial charge is 0.399 e. The van der Waals surface area contributed by atoms with Crippen LogP contribution in [0.3, 0.4) is 0 Å². The van der Waals surface area contributed by atoms with Gasteiger partial charge in [0.05, 0.1) is 25.0 Å². The molecule has 0 amide bonds. The van der Waals surface area contributed by atoms with Crippen LogP contribution in [0, 0.1) is 5.82 Å². The number of nitrogens with zero attached hydrogens (tertiary/aromatic N) is 1. The Balaban J connectivity index is 1.82. The van der Waals surface area contributed by atoms with Crippen molar-refractivity contribution < 1.29 is 13.9 Å². The zero-order valence-electron chi connectivity index (χ0n) is 9.86. The number of rotatable bonds is 5. The SMILES string of the molecule is COCCOC1CN(c2ccc(N)cc2F)C1. The first kappa shape index (κ1) is 12.1. The molecule has 0 saturated carbocycles. The van der Waals surface area contributed by atoms with Crippen LogP contribution in [0.4, 0.5) is 15.8 Å². The molecule has 0 atom stereocenters. The number of ether oxygens (including phenoxy) is 2. The molecule has 1 aliphatic heterocycles. The number of nitrogens with two attached hydrogens (primary N) is 1. The second-order valence-corrected chi connectivity index (χ2v) is 4.10. The van der Waals surface area contributed by atoms with E-state index < -0.39 is 0 Å². The van der Waals surface area contributed by atoms with Gasteiger partial charge < -0.3 is 20.1 Å². The van der Waals surface area contributed by atoms with E-state index in [0.717, 1.165) is 0 Å². The molecule has 1 fully saturated rings. The molecule has 0 bridgehead atoms. The molecule has 1 aromatic carbocycles. The highest BCUT2D eigenvalue weighted by molar-refractivity contribution is 5.56. The van der Waals surface area contributed by atoms with Gasteiger partial charge in [-0.05, 0) is 18.2 Å². The van der Waals surface area contributed by atoms with Gasteiger partial charge >= 0.3 is 0 Å². The summed E-state index contributed by atoms with van der Waals surface area (Å²) in [7, 11) is 1.64. The van der Waals surface area contributed by atoms with Gasteiger partial charge in [-0.1, -0.05) is 0 Å². The Bertz CT molecular complexity index is 381. The van der Waals surface area contributed by atoms with Crippen molar-refractivity contribution >= 4 is 11.4 Å². The monoisotopic (exact) mass is 240 g/mol. The lowest BCUT2D eigenvalue weighted by atomic mass is 10.1. The van der Waals surface area contributed by atoms with Crippen LogP contribution < -0.4 is 10.6 Å². The Morgan fingerprint density at radius 2 is 2.18 bits per heavy atom. The molecule has 2 N–H and O–H groups in total. The van der Waals surface area contributed by atoms with E-state index in [0.29, 0.717) is 37.7 Å². The molecule has 1 aromatic rings. The van der Waals surface area contributed by atoms with Gasteiger partial charge in [0.25, 0.3) is 0 Å². The Morgan fingerprint density at radius 3 is 2.82 bits per heavy atom. The van der Waals surface area contributed by atoms with Gasteiger partial charge in [-0.25, -0.2) is 4.39 Å². The van der Waals surface area contributed by atoms with E-state index in [1.54, 1.807) is 19.2 Å². The molecule has 0 spiro atoms. The van der Waals surface area contributed by atoms with Crippen molar-refractivity contribution in [2.24, 2.45) is 0 Å². The number of anilines is 2. The van der Waals surface area contributed by atoms with Crippen molar-refractivity contribution in [1.29, 1.82) is 0 Å². The van der Waals surface area contributed by atoms with E-state index in [1.807, 2.05) is 4.90 Å². The van der Waals surface area contributed by atoms with Crippen LogP contribution in [0.1, 0.15) is 0 Å². The van der Waals surface area contributed by atoms with Gasteiger partial charge in [-0.2, -0.15) is 0 Å². The maximum Gasteiger partial charge on any atom is 0.148 e. The third-order valence-corrected chi connectivity index (χ3v) is 2.80. The van der Waals surface area contributed by atoms with Crippen molar-refractivity contribution in [2.45, 2.75) is 6.10 Å². The highest BCUT2D eigenvalue weighted by Gasteiger charge is 2.29. The van der Waals surface area contributed by atoms with Gasteiger partial charge in [0.1, 0.15) is 5.82 Å². The van der Waals surface area contributed by atoms with Gasteiger partial charge in [0, 0.05) is 25.9 Å². The maximum absolute atomic E-state index is 13.6. The van der Waals surface area contributed by atoms with Gasteiger partial charge in [-0.3, -0.25) is 0 Å². The molecular formula is C12H17FN2O2. The van der Waals surface area contributed by atoms with Gasteiger partial charge in [-0.15, -0.1) is 0 Å². The lowest BCUT2D eigenvalue weighted by Crippen LogP contribution is -2.53. The van der Waals surface area contributed by atoms with Crippen LogP contribution in [-0.4, -0.2) is 39.5 Å². The summed E-state index contributed by atoms with van der Waals surface area (Å²) in [6.45, 7) is 2.60. The van der Waals surface area contributed by atoms with E-state index in [9.17, 15) is 4.39 Å². The average molecular weight is 240 g/mol. The summed E-state index contributed by atoms with van der Waals surface area (Å²) in [5.74, 6) is -0.277. The van der Waals surface area contributed by atoms with E-state index in [-0.39, 0.29) is 11.9 Å². The number of hydrogen-bond donors (Lipinski definition) is 1. The van der Waals surface area contributed by atoms with E-state index in [1.165, 1.54) is 6.07 Å². The zero-order valence-corrected chi connectivity index (χ0v) is 9.86. The second-order valence-electron chi connectivity index (χ2n) is 4.10. The summed E-state index contributed by atoms with van der Waals surface area (Å²) in [5, 5.41) is 0. The molecule has 0 unspecified atom stereocenters. The third kappa shape index (κ3) is 2.87. The number of hydrogen-bond acceptors (Lipinski definition) is 4. The normalized spacial score (nSPS) is 16.0. The summed E-state index contributed by atoms with van der Waals surface area (Å²) in [5.41, 5.74) is 6.53. The minimum Gasteiger partial charge on any atom is -0.399 e. The lowest BCUT2D eigenvalue weighted by Gasteiger charge is -2.40. The van der Waals surface area contributed by atoms with Crippen molar-refractivity contribution in [1.82, 2.24) is 0 Å². The first-order valence-corrected chi connectivity index (χ1v) is 5.61. The number of methoxy groups -OCH3 is 1. The Kier molecular flexibility index (Phi) is 3.81. The number of halogens is 1. The number of benzene rings is 1. The topological polar surface area (TPSA) is 47.7 Å². The molecule has 2 rings (SSSR count). The van der Waals surface area contributed by atoms with E-state index in [4.69, 9.17) is 15.2 Å². The fraction of sp³-hybridized carbons (Fsp3) is 0.500. The smallest absolute Gasteiger partial charge is 0.148 e. The maximum atomic E-state index is 13.6. The molecule has 17 heavy (non-hydrogen) atoms. The van der Waals surface area contributed by atoms with Crippen molar-refractivity contribution in [3.8, 4) is 0 Å².